The fourth-order valence-corrected chi connectivity index (χ4v) is 3.40. The number of hydrogen-bond acceptors (Lipinski definition) is 4. The summed E-state index contributed by atoms with van der Waals surface area (Å²) in [6.45, 7) is 5.90. The molecule has 0 spiro atoms. The Kier molecular flexibility index (Phi) is 13.8. The fourth-order valence-electron chi connectivity index (χ4n) is 3.40. The molecule has 25 heavy (non-hydrogen) atoms. The summed E-state index contributed by atoms with van der Waals surface area (Å²) in [7, 11) is 0. The molecule has 1 atom stereocenters. The lowest BCUT2D eigenvalue weighted by molar-refractivity contribution is -0.120. The van der Waals surface area contributed by atoms with Crippen molar-refractivity contribution in [2.45, 2.75) is 116 Å². The molecule has 148 valence electrons. The van der Waals surface area contributed by atoms with Crippen molar-refractivity contribution < 1.29 is 14.4 Å². The minimum Gasteiger partial charge on any atom is -0.430 e. The molecule has 4 heteroatoms. The zero-order valence-electron chi connectivity index (χ0n) is 16.8. The summed E-state index contributed by atoms with van der Waals surface area (Å²) in [4.78, 5) is 16.8. The number of rotatable bonds is 15. The van der Waals surface area contributed by atoms with Gasteiger partial charge in [0.25, 0.3) is 0 Å². The van der Waals surface area contributed by atoms with E-state index >= 15 is 0 Å². The van der Waals surface area contributed by atoms with Gasteiger partial charge in [0.15, 0.2) is 0 Å². The maximum atomic E-state index is 11.6. The van der Waals surface area contributed by atoms with Crippen LogP contribution in [-0.4, -0.2) is 30.4 Å². The van der Waals surface area contributed by atoms with Crippen molar-refractivity contribution in [3.8, 4) is 0 Å². The largest absolute Gasteiger partial charge is 0.528 e. The average molecular weight is 356 g/mol. The van der Waals surface area contributed by atoms with Crippen molar-refractivity contribution in [3.05, 3.63) is 0 Å². The second kappa shape index (κ2) is 15.5. The first-order valence-corrected chi connectivity index (χ1v) is 10.9. The van der Waals surface area contributed by atoms with Crippen LogP contribution >= 0.6 is 0 Å². The third-order valence-electron chi connectivity index (χ3n) is 5.03. The van der Waals surface area contributed by atoms with Crippen molar-refractivity contribution in [1.82, 2.24) is 5.06 Å². The molecule has 0 aromatic rings. The van der Waals surface area contributed by atoms with Gasteiger partial charge in [0.05, 0.1) is 0 Å². The zero-order chi connectivity index (χ0) is 18.2. The number of carbonyl (C=O) groups is 1. The Morgan fingerprint density at radius 1 is 0.840 bits per heavy atom. The predicted molar refractivity (Wildman–Crippen MR) is 104 cm³/mol. The van der Waals surface area contributed by atoms with Crippen LogP contribution in [0.1, 0.15) is 110 Å². The summed E-state index contributed by atoms with van der Waals surface area (Å²) >= 11 is 0. The lowest BCUT2D eigenvalue weighted by Crippen LogP contribution is -2.26. The molecule has 0 saturated carbocycles. The smallest absolute Gasteiger partial charge is 0.430 e. The molecular weight excluding hydrogens is 314 g/mol. The zero-order valence-corrected chi connectivity index (χ0v) is 16.8. The van der Waals surface area contributed by atoms with Crippen LogP contribution in [-0.2, 0) is 9.57 Å². The van der Waals surface area contributed by atoms with Crippen molar-refractivity contribution in [2.24, 2.45) is 0 Å². The Hall–Kier alpha value is -0.770. The standard InChI is InChI=1S/C21H41NO3/c1-3-4-5-6-7-8-9-10-11-12-13-14-17-20(2)24-21(23)25-22-18-15-16-19-22/h20H,3-19H2,1-2H3. The predicted octanol–water partition coefficient (Wildman–Crippen LogP) is 6.63. The van der Waals surface area contributed by atoms with E-state index in [0.29, 0.717) is 0 Å². The molecule has 0 radical (unpaired) electrons. The van der Waals surface area contributed by atoms with Crippen LogP contribution in [0.4, 0.5) is 4.79 Å². The van der Waals surface area contributed by atoms with Gasteiger partial charge in [0.1, 0.15) is 6.10 Å². The first-order valence-electron chi connectivity index (χ1n) is 10.9. The monoisotopic (exact) mass is 355 g/mol. The van der Waals surface area contributed by atoms with E-state index < -0.39 is 6.16 Å². The van der Waals surface area contributed by atoms with Gasteiger partial charge in [-0.25, -0.2) is 4.79 Å². The summed E-state index contributed by atoms with van der Waals surface area (Å²) in [6.07, 6.45) is 18.8. The number of ether oxygens (including phenoxy) is 1. The minimum absolute atomic E-state index is 0.0433. The fraction of sp³-hybridized carbons (Fsp3) is 0.952. The molecule has 0 aromatic heterocycles. The van der Waals surface area contributed by atoms with E-state index in [0.717, 1.165) is 38.8 Å². The van der Waals surface area contributed by atoms with Crippen LogP contribution in [0.2, 0.25) is 0 Å². The van der Waals surface area contributed by atoms with E-state index in [4.69, 9.17) is 9.57 Å². The number of nitrogens with zero attached hydrogens (tertiary/aromatic N) is 1. The molecule has 0 aromatic carbocycles. The van der Waals surface area contributed by atoms with Crippen molar-refractivity contribution in [2.75, 3.05) is 13.1 Å². The second-order valence-electron chi connectivity index (χ2n) is 7.58. The normalized spacial score (nSPS) is 16.1. The van der Waals surface area contributed by atoms with Gasteiger partial charge < -0.3 is 9.57 Å². The molecular formula is C21H41NO3. The van der Waals surface area contributed by atoms with E-state index in [-0.39, 0.29) is 6.10 Å². The molecule has 1 rings (SSSR count). The first-order chi connectivity index (χ1) is 12.2. The van der Waals surface area contributed by atoms with Crippen LogP contribution in [0.5, 0.6) is 0 Å². The van der Waals surface area contributed by atoms with Crippen molar-refractivity contribution in [3.63, 3.8) is 0 Å². The molecule has 1 fully saturated rings. The Labute approximate surface area is 155 Å². The van der Waals surface area contributed by atoms with E-state index in [1.807, 2.05) is 6.92 Å². The molecule has 0 amide bonds. The van der Waals surface area contributed by atoms with Gasteiger partial charge in [-0.2, -0.15) is 0 Å². The van der Waals surface area contributed by atoms with Crippen LogP contribution in [0.25, 0.3) is 0 Å². The number of hydroxylamine groups is 2. The van der Waals surface area contributed by atoms with Crippen molar-refractivity contribution >= 4 is 6.16 Å². The van der Waals surface area contributed by atoms with Crippen LogP contribution in [0.15, 0.2) is 0 Å². The van der Waals surface area contributed by atoms with Gasteiger partial charge in [-0.3, -0.25) is 0 Å². The highest BCUT2D eigenvalue weighted by Gasteiger charge is 2.18. The average Bonchev–Trinajstić information content (AvgIpc) is 3.08. The van der Waals surface area contributed by atoms with E-state index in [9.17, 15) is 4.79 Å². The van der Waals surface area contributed by atoms with E-state index in [1.165, 1.54) is 70.6 Å². The van der Waals surface area contributed by atoms with Gasteiger partial charge in [0.2, 0.25) is 0 Å². The van der Waals surface area contributed by atoms with E-state index in [1.54, 1.807) is 5.06 Å². The SMILES string of the molecule is CCCCCCCCCCCCCCC(C)OC(=O)ON1CCCC1. The molecule has 0 bridgehead atoms. The summed E-state index contributed by atoms with van der Waals surface area (Å²) < 4.78 is 5.31. The van der Waals surface area contributed by atoms with E-state index in [2.05, 4.69) is 6.92 Å². The quantitative estimate of drug-likeness (QED) is 0.244. The van der Waals surface area contributed by atoms with Crippen LogP contribution < -0.4 is 0 Å². The highest BCUT2D eigenvalue weighted by molar-refractivity contribution is 5.59. The minimum atomic E-state index is -0.534. The first kappa shape index (κ1) is 22.3. The molecule has 1 unspecified atom stereocenters. The maximum Gasteiger partial charge on any atom is 0.528 e. The van der Waals surface area contributed by atoms with Gasteiger partial charge in [-0.15, -0.1) is 5.06 Å². The molecule has 1 aliphatic rings. The molecule has 1 aliphatic heterocycles. The van der Waals surface area contributed by atoms with Gasteiger partial charge >= 0.3 is 6.16 Å². The third kappa shape index (κ3) is 13.1. The topological polar surface area (TPSA) is 38.8 Å². The molecule has 0 N–H and O–H groups in total. The summed E-state index contributed by atoms with van der Waals surface area (Å²) in [5, 5.41) is 1.71. The highest BCUT2D eigenvalue weighted by atomic mass is 16.8. The van der Waals surface area contributed by atoms with Gasteiger partial charge in [-0.1, -0.05) is 77.6 Å². The Balaban J connectivity index is 1.81. The second-order valence-corrected chi connectivity index (χ2v) is 7.58. The number of unbranched alkanes of at least 4 members (excludes halogenated alkanes) is 11. The Morgan fingerprint density at radius 3 is 1.84 bits per heavy atom. The van der Waals surface area contributed by atoms with Crippen LogP contribution in [0, 0.1) is 0 Å². The van der Waals surface area contributed by atoms with Gasteiger partial charge in [0, 0.05) is 13.1 Å². The highest BCUT2D eigenvalue weighted by Crippen LogP contribution is 2.14. The summed E-state index contributed by atoms with van der Waals surface area (Å²) in [5.41, 5.74) is 0. The third-order valence-corrected chi connectivity index (χ3v) is 5.03. The van der Waals surface area contributed by atoms with Crippen molar-refractivity contribution in [1.29, 1.82) is 0 Å². The van der Waals surface area contributed by atoms with Gasteiger partial charge in [-0.05, 0) is 32.6 Å². The lowest BCUT2D eigenvalue weighted by atomic mass is 10.0. The van der Waals surface area contributed by atoms with Crippen LogP contribution in [0.3, 0.4) is 0 Å². The molecule has 0 aliphatic carbocycles. The Bertz CT molecular complexity index is 316. The maximum absolute atomic E-state index is 11.6. The lowest BCUT2D eigenvalue weighted by Gasteiger charge is -2.17. The molecule has 1 saturated heterocycles. The number of carbonyl (C=O) groups excluding carboxylic acids is 1. The molecule has 1 heterocycles. The number of hydrogen-bond donors (Lipinski definition) is 0. The Morgan fingerprint density at radius 2 is 1.32 bits per heavy atom. The summed E-state index contributed by atoms with van der Waals surface area (Å²) in [6, 6.07) is 0. The molecule has 4 nitrogen and oxygen atoms in total. The summed E-state index contributed by atoms with van der Waals surface area (Å²) in [5.74, 6) is 0.